The van der Waals surface area contributed by atoms with Crippen LogP contribution in [0.15, 0.2) is 24.7 Å². The third-order valence-electron chi connectivity index (χ3n) is 2.33. The summed E-state index contributed by atoms with van der Waals surface area (Å²) in [5, 5.41) is 5.03. The highest BCUT2D eigenvalue weighted by molar-refractivity contribution is 7.26. The van der Waals surface area contributed by atoms with Gasteiger partial charge in [0.2, 0.25) is 0 Å². The normalized spacial score (nSPS) is 10.9. The van der Waals surface area contributed by atoms with Crippen LogP contribution < -0.4 is 11.1 Å². The molecule has 0 bridgehead atoms. The largest absolute Gasteiger partial charge is 0.360 e. The Morgan fingerprint density at radius 2 is 2.22 bits per heavy atom. The molecule has 0 atom stereocenters. The third kappa shape index (κ3) is 2.20. The van der Waals surface area contributed by atoms with Crippen molar-refractivity contribution in [1.29, 1.82) is 0 Å². The number of aromatic nitrogens is 3. The van der Waals surface area contributed by atoms with E-state index in [2.05, 4.69) is 20.3 Å². The highest BCUT2D eigenvalue weighted by Gasteiger charge is 2.09. The molecular weight excluding hydrogens is 266 g/mol. The van der Waals surface area contributed by atoms with Crippen LogP contribution in [0.25, 0.3) is 20.1 Å². The van der Waals surface area contributed by atoms with E-state index in [0.29, 0.717) is 6.54 Å². The summed E-state index contributed by atoms with van der Waals surface area (Å²) in [5.74, 6) is 0. The first-order valence-electron chi connectivity index (χ1n) is 5.47. The topological polar surface area (TPSA) is 76.7 Å². The predicted molar refractivity (Wildman–Crippen MR) is 76.1 cm³/mol. The summed E-state index contributed by atoms with van der Waals surface area (Å²) in [5.41, 5.74) is 6.42. The average Bonchev–Trinajstić information content (AvgIpc) is 3.02. The Hall–Kier alpha value is -1.57. The zero-order valence-corrected chi connectivity index (χ0v) is 11.1. The minimum Gasteiger partial charge on any atom is -0.360 e. The Bertz CT molecular complexity index is 627. The van der Waals surface area contributed by atoms with Crippen molar-refractivity contribution in [2.75, 3.05) is 18.4 Å². The van der Waals surface area contributed by atoms with Crippen molar-refractivity contribution in [3.05, 3.63) is 24.7 Å². The van der Waals surface area contributed by atoms with E-state index in [4.69, 9.17) is 5.73 Å². The van der Waals surface area contributed by atoms with Crippen molar-refractivity contribution < 1.29 is 0 Å². The lowest BCUT2D eigenvalue weighted by molar-refractivity contribution is 1.02. The van der Waals surface area contributed by atoms with Crippen molar-refractivity contribution in [2.45, 2.75) is 0 Å². The summed E-state index contributed by atoms with van der Waals surface area (Å²) in [6, 6.07) is 1.92. The van der Waals surface area contributed by atoms with E-state index in [1.165, 1.54) is 0 Å². The lowest BCUT2D eigenvalue weighted by Gasteiger charge is -1.96. The van der Waals surface area contributed by atoms with Crippen LogP contribution in [-0.2, 0) is 0 Å². The molecule has 18 heavy (non-hydrogen) atoms. The SMILES string of the molecule is NCCNc1ncc(-c2nc3ccncc3s2)s1. The third-order valence-corrected chi connectivity index (χ3v) is 4.46. The van der Waals surface area contributed by atoms with Crippen LogP contribution in [0.2, 0.25) is 0 Å². The molecule has 3 rings (SSSR count). The number of anilines is 1. The van der Waals surface area contributed by atoms with Gasteiger partial charge in [0.25, 0.3) is 0 Å². The molecule has 0 saturated carbocycles. The maximum absolute atomic E-state index is 5.44. The fourth-order valence-corrected chi connectivity index (χ4v) is 3.33. The van der Waals surface area contributed by atoms with Crippen LogP contribution in [0.3, 0.4) is 0 Å². The first kappa shape index (κ1) is 11.5. The first-order chi connectivity index (χ1) is 8.86. The molecule has 0 fully saturated rings. The van der Waals surface area contributed by atoms with E-state index in [9.17, 15) is 0 Å². The van der Waals surface area contributed by atoms with Gasteiger partial charge in [-0.05, 0) is 6.07 Å². The predicted octanol–water partition coefficient (Wildman–Crippen LogP) is 2.19. The Labute approximate surface area is 112 Å². The summed E-state index contributed by atoms with van der Waals surface area (Å²) in [7, 11) is 0. The van der Waals surface area contributed by atoms with Crippen LogP contribution in [0.5, 0.6) is 0 Å². The maximum Gasteiger partial charge on any atom is 0.183 e. The molecule has 5 nitrogen and oxygen atoms in total. The number of fused-ring (bicyclic) bond motifs is 1. The second-order valence-electron chi connectivity index (χ2n) is 3.61. The van der Waals surface area contributed by atoms with E-state index in [-0.39, 0.29) is 0 Å². The van der Waals surface area contributed by atoms with Gasteiger partial charge in [0, 0.05) is 25.5 Å². The zero-order chi connectivity index (χ0) is 12.4. The number of nitrogens with two attached hydrogens (primary N) is 1. The van der Waals surface area contributed by atoms with Crippen molar-refractivity contribution in [2.24, 2.45) is 5.73 Å². The molecule has 0 saturated heterocycles. The van der Waals surface area contributed by atoms with Gasteiger partial charge in [-0.2, -0.15) is 0 Å². The maximum atomic E-state index is 5.44. The van der Waals surface area contributed by atoms with Gasteiger partial charge in [-0.3, -0.25) is 4.98 Å². The van der Waals surface area contributed by atoms with E-state index in [0.717, 1.165) is 31.8 Å². The van der Waals surface area contributed by atoms with Gasteiger partial charge in [-0.15, -0.1) is 11.3 Å². The summed E-state index contributed by atoms with van der Waals surface area (Å²) in [6.45, 7) is 1.33. The van der Waals surface area contributed by atoms with Crippen LogP contribution >= 0.6 is 22.7 Å². The molecule has 0 aromatic carbocycles. The van der Waals surface area contributed by atoms with E-state index in [1.54, 1.807) is 28.9 Å². The quantitative estimate of drug-likeness (QED) is 0.764. The monoisotopic (exact) mass is 277 g/mol. The molecular formula is C11H11N5S2. The second-order valence-corrected chi connectivity index (χ2v) is 5.67. The lowest BCUT2D eigenvalue weighted by Crippen LogP contribution is -2.12. The van der Waals surface area contributed by atoms with Crippen molar-refractivity contribution in [3.63, 3.8) is 0 Å². The van der Waals surface area contributed by atoms with Gasteiger partial charge in [0.05, 0.1) is 21.3 Å². The molecule has 3 N–H and O–H groups in total. The molecule has 3 aromatic rings. The number of pyridine rings is 1. The van der Waals surface area contributed by atoms with E-state index in [1.807, 2.05) is 18.5 Å². The van der Waals surface area contributed by atoms with Gasteiger partial charge < -0.3 is 11.1 Å². The number of rotatable bonds is 4. The Kier molecular flexibility index (Phi) is 3.18. The van der Waals surface area contributed by atoms with Gasteiger partial charge in [0.1, 0.15) is 5.01 Å². The highest BCUT2D eigenvalue weighted by atomic mass is 32.1. The van der Waals surface area contributed by atoms with Crippen molar-refractivity contribution in [3.8, 4) is 9.88 Å². The van der Waals surface area contributed by atoms with Gasteiger partial charge >= 0.3 is 0 Å². The lowest BCUT2D eigenvalue weighted by atomic mass is 10.4. The van der Waals surface area contributed by atoms with E-state index < -0.39 is 0 Å². The molecule has 7 heteroatoms. The molecule has 3 heterocycles. The number of thiazole rings is 2. The molecule has 0 unspecified atom stereocenters. The van der Waals surface area contributed by atoms with Gasteiger partial charge in [0.15, 0.2) is 5.13 Å². The minimum atomic E-state index is 0.599. The van der Waals surface area contributed by atoms with Crippen LogP contribution in [0.4, 0.5) is 5.13 Å². The molecule has 0 spiro atoms. The van der Waals surface area contributed by atoms with Crippen LogP contribution in [-0.4, -0.2) is 28.0 Å². The zero-order valence-electron chi connectivity index (χ0n) is 9.46. The molecule has 0 amide bonds. The smallest absolute Gasteiger partial charge is 0.183 e. The minimum absolute atomic E-state index is 0.599. The molecule has 0 aliphatic carbocycles. The summed E-state index contributed by atoms with van der Waals surface area (Å²) < 4.78 is 1.09. The highest BCUT2D eigenvalue weighted by Crippen LogP contribution is 2.34. The van der Waals surface area contributed by atoms with Gasteiger partial charge in [-0.25, -0.2) is 9.97 Å². The Morgan fingerprint density at radius 3 is 3.06 bits per heavy atom. The fourth-order valence-electron chi connectivity index (χ4n) is 1.52. The Balaban J connectivity index is 1.91. The first-order valence-corrected chi connectivity index (χ1v) is 7.11. The van der Waals surface area contributed by atoms with Crippen LogP contribution in [0, 0.1) is 0 Å². The van der Waals surface area contributed by atoms with Crippen LogP contribution in [0.1, 0.15) is 0 Å². The average molecular weight is 277 g/mol. The summed E-state index contributed by atoms with van der Waals surface area (Å²) >= 11 is 3.22. The number of hydrogen-bond donors (Lipinski definition) is 2. The van der Waals surface area contributed by atoms with Crippen molar-refractivity contribution >= 4 is 38.0 Å². The molecule has 3 aromatic heterocycles. The Morgan fingerprint density at radius 1 is 1.28 bits per heavy atom. The summed E-state index contributed by atoms with van der Waals surface area (Å²) in [4.78, 5) is 14.0. The van der Waals surface area contributed by atoms with Gasteiger partial charge in [-0.1, -0.05) is 11.3 Å². The molecule has 0 aliphatic rings. The standard InChI is InChI=1S/C11H11N5S2/c12-2-4-14-11-15-6-9(18-11)10-16-7-1-3-13-5-8(7)17-10/h1,3,5-6H,2,4,12H2,(H,14,15). The molecule has 0 radical (unpaired) electrons. The fraction of sp³-hybridized carbons (Fsp3) is 0.182. The number of nitrogens with one attached hydrogen (secondary N) is 1. The molecule has 92 valence electrons. The summed E-state index contributed by atoms with van der Waals surface area (Å²) in [6.07, 6.45) is 5.44. The van der Waals surface area contributed by atoms with Crippen molar-refractivity contribution in [1.82, 2.24) is 15.0 Å². The second kappa shape index (κ2) is 4.97. The number of nitrogens with zero attached hydrogens (tertiary/aromatic N) is 3. The molecule has 0 aliphatic heterocycles. The number of hydrogen-bond acceptors (Lipinski definition) is 7. The van der Waals surface area contributed by atoms with E-state index >= 15 is 0 Å².